The van der Waals surface area contributed by atoms with E-state index in [2.05, 4.69) is 55.1 Å². The molecule has 0 amide bonds. The summed E-state index contributed by atoms with van der Waals surface area (Å²) in [5.41, 5.74) is 3.04. The van der Waals surface area contributed by atoms with Gasteiger partial charge < -0.3 is 15.5 Å². The molecule has 3 aromatic rings. The Morgan fingerprint density at radius 3 is 2.51 bits per heavy atom. The first-order chi connectivity index (χ1) is 19.6. The molecule has 0 spiro atoms. The van der Waals surface area contributed by atoms with Gasteiger partial charge in [0.25, 0.3) is 5.56 Å². The van der Waals surface area contributed by atoms with Gasteiger partial charge in [-0.2, -0.15) is 0 Å². The highest BCUT2D eigenvalue weighted by Gasteiger charge is 2.56. The van der Waals surface area contributed by atoms with Gasteiger partial charge in [0, 0.05) is 42.8 Å². The van der Waals surface area contributed by atoms with Crippen LogP contribution in [0.25, 0.3) is 10.9 Å². The first-order valence-electron chi connectivity index (χ1n) is 15.2. The van der Waals surface area contributed by atoms with E-state index in [1.165, 1.54) is 12.8 Å². The summed E-state index contributed by atoms with van der Waals surface area (Å²) in [6.45, 7) is 14.1. The van der Waals surface area contributed by atoms with E-state index in [9.17, 15) is 4.79 Å². The van der Waals surface area contributed by atoms with Crippen LogP contribution in [0.1, 0.15) is 53.0 Å². The molecule has 2 aromatic carbocycles. The van der Waals surface area contributed by atoms with E-state index in [1.54, 1.807) is 10.9 Å². The fraction of sp³-hybridized carbons (Fsp3) is 0.545. The lowest BCUT2D eigenvalue weighted by Gasteiger charge is -2.62. The zero-order chi connectivity index (χ0) is 28.9. The van der Waals surface area contributed by atoms with Gasteiger partial charge in [0.15, 0.2) is 5.96 Å². The predicted octanol–water partition coefficient (Wildman–Crippen LogP) is 5.62. The van der Waals surface area contributed by atoms with Crippen molar-refractivity contribution in [3.8, 4) is 0 Å². The number of fused-ring (bicyclic) bond motifs is 3. The van der Waals surface area contributed by atoms with Gasteiger partial charge >= 0.3 is 0 Å². The topological polar surface area (TPSA) is 74.5 Å². The van der Waals surface area contributed by atoms with E-state index in [-0.39, 0.29) is 5.56 Å². The molecule has 218 valence electrons. The SMILES string of the molecule is C[C@H]1[C@@H](NC(=Nc2ccc3c(=O)n(CCc4ccc(Cl)cc4)cnc3c2)N2C[C@@H](C)N[C@@H](C)C2)C[C@@H]2C[C@@H]1C2(C)C. The van der Waals surface area contributed by atoms with Crippen molar-refractivity contribution >= 4 is 34.2 Å². The van der Waals surface area contributed by atoms with Gasteiger partial charge in [-0.05, 0) is 92.2 Å². The van der Waals surface area contributed by atoms with Gasteiger partial charge in [-0.25, -0.2) is 9.98 Å². The number of aromatic nitrogens is 2. The normalized spacial score (nSPS) is 29.3. The second-order valence-corrected chi connectivity index (χ2v) is 13.8. The highest BCUT2D eigenvalue weighted by molar-refractivity contribution is 6.30. The summed E-state index contributed by atoms with van der Waals surface area (Å²) in [4.78, 5) is 25.5. The number of aryl methyl sites for hydroxylation is 2. The number of nitrogens with zero attached hydrogens (tertiary/aromatic N) is 4. The van der Waals surface area contributed by atoms with Crippen LogP contribution in [0.4, 0.5) is 5.69 Å². The smallest absolute Gasteiger partial charge is 0.261 e. The van der Waals surface area contributed by atoms with Crippen LogP contribution in [0.3, 0.4) is 0 Å². The molecular formula is C33H43ClN6O. The van der Waals surface area contributed by atoms with Crippen molar-refractivity contribution in [1.29, 1.82) is 0 Å². The molecular weight excluding hydrogens is 532 g/mol. The Bertz CT molecular complexity index is 1490. The first kappa shape index (κ1) is 28.2. The Kier molecular flexibility index (Phi) is 7.62. The van der Waals surface area contributed by atoms with Crippen molar-refractivity contribution in [3.63, 3.8) is 0 Å². The third-order valence-electron chi connectivity index (χ3n) is 10.1. The molecule has 1 saturated heterocycles. The number of aliphatic imine (C=N–C) groups is 1. The Balaban J connectivity index is 1.26. The van der Waals surface area contributed by atoms with Gasteiger partial charge in [-0.1, -0.05) is 44.5 Å². The standard InChI is InChI=1S/C33H43ClN6O/c1-20-17-40(18-21(2)36-20)32(38-29-15-24-14-28(22(29)3)33(24,4)5)37-26-10-11-27-30(16-26)35-19-39(31(27)41)13-12-23-6-8-25(34)9-7-23/h6-11,16,19-22,24,28-29,36H,12-15,17-18H2,1-5H3,(H,37,38)/t20-,21+,22-,24+,28+,29+/m1/s1. The number of halogens is 1. The van der Waals surface area contributed by atoms with Crippen molar-refractivity contribution < 1.29 is 0 Å². The highest BCUT2D eigenvalue weighted by Crippen LogP contribution is 2.61. The minimum Gasteiger partial charge on any atom is -0.353 e. The van der Waals surface area contributed by atoms with E-state index in [0.29, 0.717) is 51.9 Å². The minimum atomic E-state index is -0.0273. The Morgan fingerprint density at radius 2 is 1.83 bits per heavy atom. The summed E-state index contributed by atoms with van der Waals surface area (Å²) < 4.78 is 1.69. The maximum Gasteiger partial charge on any atom is 0.261 e. The van der Waals surface area contributed by atoms with Gasteiger partial charge in [0.05, 0.1) is 22.9 Å². The molecule has 3 saturated carbocycles. The number of rotatable bonds is 5. The maximum absolute atomic E-state index is 13.3. The molecule has 4 aliphatic rings. The van der Waals surface area contributed by atoms with Gasteiger partial charge in [0.1, 0.15) is 0 Å². The molecule has 1 aromatic heterocycles. The lowest BCUT2D eigenvalue weighted by atomic mass is 9.45. The number of piperazine rings is 1. The van der Waals surface area contributed by atoms with E-state index in [0.717, 1.165) is 48.6 Å². The molecule has 1 aliphatic heterocycles. The van der Waals surface area contributed by atoms with Crippen LogP contribution in [0.5, 0.6) is 0 Å². The monoisotopic (exact) mass is 574 g/mol. The molecule has 4 fully saturated rings. The average Bonchev–Trinajstić information content (AvgIpc) is 2.93. The Hall–Kier alpha value is -2.90. The Labute approximate surface area is 248 Å². The summed E-state index contributed by atoms with van der Waals surface area (Å²) in [7, 11) is 0. The van der Waals surface area contributed by atoms with Crippen molar-refractivity contribution in [3.05, 3.63) is 69.7 Å². The summed E-state index contributed by atoms with van der Waals surface area (Å²) in [6.07, 6.45) is 4.94. The van der Waals surface area contributed by atoms with Crippen LogP contribution in [-0.2, 0) is 13.0 Å². The molecule has 41 heavy (non-hydrogen) atoms. The highest BCUT2D eigenvalue weighted by atomic mass is 35.5. The number of guanidine groups is 1. The summed E-state index contributed by atoms with van der Waals surface area (Å²) >= 11 is 6.01. The molecule has 2 N–H and O–H groups in total. The molecule has 6 atom stereocenters. The number of benzene rings is 2. The molecule has 0 unspecified atom stereocenters. The van der Waals surface area contributed by atoms with Crippen molar-refractivity contribution in [2.45, 2.75) is 78.6 Å². The van der Waals surface area contributed by atoms with Gasteiger partial charge in [-0.15, -0.1) is 0 Å². The average molecular weight is 575 g/mol. The summed E-state index contributed by atoms with van der Waals surface area (Å²) in [5, 5.41) is 8.90. The third kappa shape index (κ3) is 5.63. The van der Waals surface area contributed by atoms with Crippen molar-refractivity contribution in [1.82, 2.24) is 25.1 Å². The fourth-order valence-electron chi connectivity index (χ4n) is 7.60. The number of nitrogens with one attached hydrogen (secondary N) is 2. The van der Waals surface area contributed by atoms with Crippen molar-refractivity contribution in [2.24, 2.45) is 28.2 Å². The van der Waals surface area contributed by atoms with Crippen LogP contribution in [0, 0.1) is 23.2 Å². The van der Waals surface area contributed by atoms with E-state index in [4.69, 9.17) is 16.6 Å². The van der Waals surface area contributed by atoms with Gasteiger partial charge in [0.2, 0.25) is 0 Å². The molecule has 8 heteroatoms. The third-order valence-corrected chi connectivity index (χ3v) is 10.4. The van der Waals surface area contributed by atoms with Crippen LogP contribution in [0.2, 0.25) is 5.02 Å². The Morgan fingerprint density at radius 1 is 1.10 bits per heavy atom. The second-order valence-electron chi connectivity index (χ2n) is 13.3. The van der Waals surface area contributed by atoms with E-state index < -0.39 is 0 Å². The lowest BCUT2D eigenvalue weighted by Crippen LogP contribution is -2.64. The lowest BCUT2D eigenvalue weighted by molar-refractivity contribution is -0.112. The first-order valence-corrected chi connectivity index (χ1v) is 15.6. The van der Waals surface area contributed by atoms with E-state index in [1.807, 2.05) is 42.5 Å². The summed E-state index contributed by atoms with van der Waals surface area (Å²) in [5.74, 6) is 3.07. The molecule has 3 aliphatic carbocycles. The molecule has 2 heterocycles. The zero-order valence-corrected chi connectivity index (χ0v) is 25.7. The van der Waals surface area contributed by atoms with E-state index >= 15 is 0 Å². The number of hydrogen-bond acceptors (Lipinski definition) is 4. The number of hydrogen-bond donors (Lipinski definition) is 2. The fourth-order valence-corrected chi connectivity index (χ4v) is 7.72. The maximum atomic E-state index is 13.3. The molecule has 7 rings (SSSR count). The molecule has 7 nitrogen and oxygen atoms in total. The largest absolute Gasteiger partial charge is 0.353 e. The predicted molar refractivity (Wildman–Crippen MR) is 168 cm³/mol. The molecule has 0 radical (unpaired) electrons. The van der Waals surface area contributed by atoms with Crippen LogP contribution in [0.15, 0.2) is 58.6 Å². The quantitative estimate of drug-likeness (QED) is 0.305. The van der Waals surface area contributed by atoms with Crippen LogP contribution >= 0.6 is 11.6 Å². The zero-order valence-electron chi connectivity index (χ0n) is 24.9. The van der Waals surface area contributed by atoms with Crippen LogP contribution < -0.4 is 16.2 Å². The van der Waals surface area contributed by atoms with Crippen LogP contribution in [-0.4, -0.2) is 51.6 Å². The summed E-state index contributed by atoms with van der Waals surface area (Å²) in [6, 6.07) is 14.7. The van der Waals surface area contributed by atoms with Crippen molar-refractivity contribution in [2.75, 3.05) is 13.1 Å². The second kappa shape index (κ2) is 11.1. The minimum absolute atomic E-state index is 0.0273. The molecule has 2 bridgehead atoms. The van der Waals surface area contributed by atoms with Gasteiger partial charge in [-0.3, -0.25) is 9.36 Å².